The Morgan fingerprint density at radius 1 is 1.64 bits per heavy atom. The molecule has 0 aliphatic carbocycles. The molecule has 80 valence electrons. The lowest BCUT2D eigenvalue weighted by Crippen LogP contribution is -2.27. The Bertz CT molecular complexity index is 241. The predicted octanol–water partition coefficient (Wildman–Crippen LogP) is 0.876. The van der Waals surface area contributed by atoms with E-state index in [4.69, 9.17) is 4.74 Å². The molecule has 0 aromatic rings. The smallest absolute Gasteiger partial charge is 0.239 e. The lowest BCUT2D eigenvalue weighted by Gasteiger charge is -2.07. The van der Waals surface area contributed by atoms with E-state index < -0.39 is 0 Å². The molecular formula is C9H16N2O2S. The zero-order chi connectivity index (χ0) is 10.6. The van der Waals surface area contributed by atoms with Gasteiger partial charge in [-0.05, 0) is 5.92 Å². The number of aliphatic imine (C=N–C) groups is 1. The molecule has 14 heavy (non-hydrogen) atoms. The van der Waals surface area contributed by atoms with Gasteiger partial charge in [-0.2, -0.15) is 0 Å². The fourth-order valence-electron chi connectivity index (χ4n) is 1.13. The highest BCUT2D eigenvalue weighted by molar-refractivity contribution is 8.15. The van der Waals surface area contributed by atoms with Gasteiger partial charge in [-0.3, -0.25) is 9.79 Å². The highest BCUT2D eigenvalue weighted by atomic mass is 32.2. The van der Waals surface area contributed by atoms with Crippen molar-refractivity contribution in [2.75, 3.05) is 20.3 Å². The third-order valence-electron chi connectivity index (χ3n) is 1.88. The number of thioether (sulfide) groups is 1. The normalized spacial score (nSPS) is 24.7. The third-order valence-corrected chi connectivity index (χ3v) is 3.35. The summed E-state index contributed by atoms with van der Waals surface area (Å²) in [6.07, 6.45) is 0. The van der Waals surface area contributed by atoms with Crippen LogP contribution in [0.3, 0.4) is 0 Å². The summed E-state index contributed by atoms with van der Waals surface area (Å²) in [5.41, 5.74) is 0. The molecule has 1 atom stereocenters. The first kappa shape index (κ1) is 11.5. The summed E-state index contributed by atoms with van der Waals surface area (Å²) in [7, 11) is 1.64. The number of amides is 1. The Morgan fingerprint density at radius 3 is 2.86 bits per heavy atom. The second-order valence-electron chi connectivity index (χ2n) is 3.45. The van der Waals surface area contributed by atoms with Crippen molar-refractivity contribution in [2.24, 2.45) is 10.9 Å². The first-order valence-corrected chi connectivity index (χ1v) is 5.54. The Labute approximate surface area is 88.5 Å². The molecular weight excluding hydrogens is 200 g/mol. The molecule has 0 saturated carbocycles. The molecule has 0 bridgehead atoms. The Balaban J connectivity index is 2.46. The van der Waals surface area contributed by atoms with Gasteiger partial charge in [0.2, 0.25) is 5.91 Å². The second kappa shape index (κ2) is 5.36. The van der Waals surface area contributed by atoms with Crippen LogP contribution in [0.4, 0.5) is 0 Å². The number of rotatable bonds is 4. The number of amidine groups is 1. The first-order chi connectivity index (χ1) is 6.65. The summed E-state index contributed by atoms with van der Waals surface area (Å²) in [5.74, 6) is 0.413. The van der Waals surface area contributed by atoms with E-state index >= 15 is 0 Å². The number of hydrogen-bond donors (Lipinski definition) is 1. The quantitative estimate of drug-likeness (QED) is 0.710. The Hall–Kier alpha value is -0.550. The van der Waals surface area contributed by atoms with Crippen LogP contribution in [0.15, 0.2) is 4.99 Å². The lowest BCUT2D eigenvalue weighted by molar-refractivity contribution is -0.119. The van der Waals surface area contributed by atoms with Crippen molar-refractivity contribution in [1.82, 2.24) is 5.32 Å². The molecule has 0 aromatic heterocycles. The number of carbonyl (C=O) groups excluding carboxylic acids is 1. The van der Waals surface area contributed by atoms with Gasteiger partial charge in [0.25, 0.3) is 0 Å². The Morgan fingerprint density at radius 2 is 2.36 bits per heavy atom. The fourth-order valence-corrected chi connectivity index (χ4v) is 2.14. The van der Waals surface area contributed by atoms with E-state index in [0.29, 0.717) is 19.1 Å². The van der Waals surface area contributed by atoms with Crippen LogP contribution >= 0.6 is 11.8 Å². The van der Waals surface area contributed by atoms with E-state index in [1.54, 1.807) is 7.11 Å². The van der Waals surface area contributed by atoms with E-state index in [0.717, 1.165) is 5.17 Å². The zero-order valence-electron chi connectivity index (χ0n) is 8.74. The highest BCUT2D eigenvalue weighted by Crippen LogP contribution is 2.25. The maximum Gasteiger partial charge on any atom is 0.239 e. The van der Waals surface area contributed by atoms with Gasteiger partial charge in [-0.15, -0.1) is 0 Å². The first-order valence-electron chi connectivity index (χ1n) is 4.66. The molecule has 1 heterocycles. The second-order valence-corrected chi connectivity index (χ2v) is 4.58. The average Bonchev–Trinajstić information content (AvgIpc) is 2.47. The Kier molecular flexibility index (Phi) is 4.41. The van der Waals surface area contributed by atoms with Crippen molar-refractivity contribution in [3.8, 4) is 0 Å². The molecule has 4 nitrogen and oxygen atoms in total. The van der Waals surface area contributed by atoms with Crippen molar-refractivity contribution in [1.29, 1.82) is 0 Å². The topological polar surface area (TPSA) is 50.7 Å². The molecule has 1 unspecified atom stereocenters. The number of nitrogens with zero attached hydrogens (tertiary/aromatic N) is 1. The summed E-state index contributed by atoms with van der Waals surface area (Å²) in [5, 5.41) is 3.50. The molecule has 1 aliphatic rings. The molecule has 0 aromatic carbocycles. The van der Waals surface area contributed by atoms with Crippen molar-refractivity contribution in [3.63, 3.8) is 0 Å². The summed E-state index contributed by atoms with van der Waals surface area (Å²) in [6, 6.07) is 0. The van der Waals surface area contributed by atoms with Crippen molar-refractivity contribution < 1.29 is 9.53 Å². The van der Waals surface area contributed by atoms with Gasteiger partial charge in [0.15, 0.2) is 5.17 Å². The SMILES string of the molecule is COCCN=C1NC(=O)C(C(C)C)S1. The van der Waals surface area contributed by atoms with Gasteiger partial charge in [0.05, 0.1) is 18.4 Å². The van der Waals surface area contributed by atoms with Crippen molar-refractivity contribution in [3.05, 3.63) is 0 Å². The monoisotopic (exact) mass is 216 g/mol. The van der Waals surface area contributed by atoms with E-state index in [1.165, 1.54) is 11.8 Å². The van der Waals surface area contributed by atoms with Gasteiger partial charge >= 0.3 is 0 Å². The van der Waals surface area contributed by atoms with E-state index in [2.05, 4.69) is 10.3 Å². The van der Waals surface area contributed by atoms with Crippen LogP contribution in [0, 0.1) is 5.92 Å². The van der Waals surface area contributed by atoms with Crippen molar-refractivity contribution >= 4 is 22.8 Å². The van der Waals surface area contributed by atoms with Crippen molar-refractivity contribution in [2.45, 2.75) is 19.1 Å². The number of ether oxygens (including phenoxy) is 1. The minimum absolute atomic E-state index is 0.0105. The van der Waals surface area contributed by atoms with Crippen LogP contribution in [0.5, 0.6) is 0 Å². The molecule has 5 heteroatoms. The zero-order valence-corrected chi connectivity index (χ0v) is 9.56. The van der Waals surface area contributed by atoms with Gasteiger partial charge in [-0.1, -0.05) is 25.6 Å². The van der Waals surface area contributed by atoms with Crippen LogP contribution < -0.4 is 5.32 Å². The van der Waals surface area contributed by atoms with Gasteiger partial charge in [-0.25, -0.2) is 0 Å². The van der Waals surface area contributed by atoms with Gasteiger partial charge in [0, 0.05) is 7.11 Å². The molecule has 1 fully saturated rings. The van der Waals surface area contributed by atoms with Gasteiger partial charge < -0.3 is 10.1 Å². The number of hydrogen-bond acceptors (Lipinski definition) is 4. The standard InChI is InChI=1S/C9H16N2O2S/c1-6(2)7-8(12)11-9(14-7)10-4-5-13-3/h6-7H,4-5H2,1-3H3,(H,10,11,12). The highest BCUT2D eigenvalue weighted by Gasteiger charge is 2.32. The molecule has 0 radical (unpaired) electrons. The maximum absolute atomic E-state index is 11.4. The lowest BCUT2D eigenvalue weighted by atomic mass is 10.1. The molecule has 1 N–H and O–H groups in total. The minimum atomic E-state index is 0.0105. The minimum Gasteiger partial charge on any atom is -0.383 e. The number of carbonyl (C=O) groups is 1. The van der Waals surface area contributed by atoms with E-state index in [-0.39, 0.29) is 11.2 Å². The fraction of sp³-hybridized carbons (Fsp3) is 0.778. The van der Waals surface area contributed by atoms with Crippen LogP contribution in [0.2, 0.25) is 0 Å². The molecule has 1 aliphatic heterocycles. The van der Waals surface area contributed by atoms with E-state index in [9.17, 15) is 4.79 Å². The van der Waals surface area contributed by atoms with Crippen LogP contribution in [0.1, 0.15) is 13.8 Å². The van der Waals surface area contributed by atoms with Gasteiger partial charge in [0.1, 0.15) is 0 Å². The van der Waals surface area contributed by atoms with Crippen LogP contribution in [0.25, 0.3) is 0 Å². The average molecular weight is 216 g/mol. The van der Waals surface area contributed by atoms with E-state index in [1.807, 2.05) is 13.8 Å². The van der Waals surface area contributed by atoms with Crippen LogP contribution in [-0.4, -0.2) is 36.6 Å². The number of nitrogens with one attached hydrogen (secondary N) is 1. The molecule has 1 saturated heterocycles. The summed E-state index contributed by atoms with van der Waals surface area (Å²) < 4.78 is 4.87. The third kappa shape index (κ3) is 2.99. The molecule has 1 amide bonds. The largest absolute Gasteiger partial charge is 0.383 e. The summed E-state index contributed by atoms with van der Waals surface area (Å²) >= 11 is 1.51. The summed E-state index contributed by atoms with van der Waals surface area (Å²) in [4.78, 5) is 15.6. The molecule has 1 rings (SSSR count). The maximum atomic E-state index is 11.4. The predicted molar refractivity (Wildman–Crippen MR) is 58.5 cm³/mol. The van der Waals surface area contributed by atoms with Crippen LogP contribution in [-0.2, 0) is 9.53 Å². The summed E-state index contributed by atoms with van der Waals surface area (Å²) in [6.45, 7) is 5.26. The number of methoxy groups -OCH3 is 1. The molecule has 0 spiro atoms.